The van der Waals surface area contributed by atoms with Gasteiger partial charge in [0.25, 0.3) is 0 Å². The Morgan fingerprint density at radius 2 is 2.20 bits per heavy atom. The van der Waals surface area contributed by atoms with Crippen LogP contribution in [0.2, 0.25) is 0 Å². The van der Waals surface area contributed by atoms with Crippen molar-refractivity contribution < 1.29 is 5.11 Å². The van der Waals surface area contributed by atoms with Gasteiger partial charge in [0, 0.05) is 50.1 Å². The van der Waals surface area contributed by atoms with Crippen LogP contribution in [0.5, 0.6) is 0 Å². The number of hydrogen-bond donors (Lipinski definition) is 2. The molecular formula is C15H26N4O. The van der Waals surface area contributed by atoms with Gasteiger partial charge in [0.05, 0.1) is 0 Å². The largest absolute Gasteiger partial charge is 0.396 e. The van der Waals surface area contributed by atoms with Crippen LogP contribution < -0.4 is 10.2 Å². The number of aliphatic hydroxyl groups is 1. The van der Waals surface area contributed by atoms with E-state index in [0.29, 0.717) is 6.04 Å². The summed E-state index contributed by atoms with van der Waals surface area (Å²) < 4.78 is 0. The Morgan fingerprint density at radius 3 is 2.85 bits per heavy atom. The number of piperidine rings is 1. The average molecular weight is 278 g/mol. The second-order valence-electron chi connectivity index (χ2n) is 6.04. The summed E-state index contributed by atoms with van der Waals surface area (Å²) in [6.07, 6.45) is 6.89. The molecule has 5 nitrogen and oxygen atoms in total. The average Bonchev–Trinajstić information content (AvgIpc) is 2.54. The van der Waals surface area contributed by atoms with E-state index in [-0.39, 0.29) is 12.0 Å². The number of nitrogens with one attached hydrogen (secondary N) is 1. The van der Waals surface area contributed by atoms with Gasteiger partial charge < -0.3 is 15.3 Å². The smallest absolute Gasteiger partial charge is 0.225 e. The highest BCUT2D eigenvalue weighted by Crippen LogP contribution is 2.20. The van der Waals surface area contributed by atoms with E-state index >= 15 is 0 Å². The summed E-state index contributed by atoms with van der Waals surface area (Å²) in [7, 11) is 0. The second kappa shape index (κ2) is 6.99. The van der Waals surface area contributed by atoms with Gasteiger partial charge in [0.15, 0.2) is 0 Å². The maximum atomic E-state index is 9.47. The highest BCUT2D eigenvalue weighted by atomic mass is 16.3. The Labute approximate surface area is 121 Å². The molecule has 0 radical (unpaired) electrons. The summed E-state index contributed by atoms with van der Waals surface area (Å²) in [6, 6.07) is 2.29. The molecule has 0 amide bonds. The zero-order chi connectivity index (χ0) is 14.4. The molecule has 1 aliphatic rings. The summed E-state index contributed by atoms with van der Waals surface area (Å²) in [5.74, 6) is 0.819. The van der Waals surface area contributed by atoms with Gasteiger partial charge in [-0.3, -0.25) is 0 Å². The number of nitrogens with zero attached hydrogens (tertiary/aromatic N) is 3. The van der Waals surface area contributed by atoms with E-state index < -0.39 is 0 Å². The lowest BCUT2D eigenvalue weighted by molar-refractivity contribution is 0.130. The van der Waals surface area contributed by atoms with Gasteiger partial charge in [0.2, 0.25) is 5.95 Å². The molecule has 112 valence electrons. The molecule has 0 bridgehead atoms. The van der Waals surface area contributed by atoms with Crippen molar-refractivity contribution in [2.75, 3.05) is 31.1 Å². The Kier molecular flexibility index (Phi) is 5.31. The quantitative estimate of drug-likeness (QED) is 0.824. The highest BCUT2D eigenvalue weighted by molar-refractivity contribution is 5.29. The van der Waals surface area contributed by atoms with Gasteiger partial charge in [-0.2, -0.15) is 0 Å². The fourth-order valence-electron chi connectivity index (χ4n) is 2.46. The number of aromatic nitrogens is 2. The number of aliphatic hydroxyl groups excluding tert-OH is 1. The summed E-state index contributed by atoms with van der Waals surface area (Å²) in [5, 5.41) is 13.1. The van der Waals surface area contributed by atoms with Gasteiger partial charge >= 0.3 is 0 Å². The zero-order valence-electron chi connectivity index (χ0n) is 12.5. The highest BCUT2D eigenvalue weighted by Gasteiger charge is 2.25. The fourth-order valence-corrected chi connectivity index (χ4v) is 2.46. The van der Waals surface area contributed by atoms with Crippen LogP contribution in [0, 0.1) is 5.41 Å². The molecule has 1 aromatic heterocycles. The van der Waals surface area contributed by atoms with Crippen molar-refractivity contribution in [1.82, 2.24) is 15.3 Å². The Morgan fingerprint density at radius 1 is 1.45 bits per heavy atom. The first kappa shape index (κ1) is 15.2. The van der Waals surface area contributed by atoms with Crippen LogP contribution in [0.1, 0.15) is 33.1 Å². The van der Waals surface area contributed by atoms with E-state index in [2.05, 4.69) is 34.0 Å². The third-order valence-electron chi connectivity index (χ3n) is 4.31. The first-order valence-electron chi connectivity index (χ1n) is 7.53. The molecule has 5 heteroatoms. The summed E-state index contributed by atoms with van der Waals surface area (Å²) >= 11 is 0. The molecule has 0 aromatic carbocycles. The van der Waals surface area contributed by atoms with Crippen LogP contribution in [-0.2, 0) is 0 Å². The molecule has 1 saturated heterocycles. The first-order valence-corrected chi connectivity index (χ1v) is 7.53. The number of rotatable bonds is 6. The molecule has 0 saturated carbocycles. The minimum atomic E-state index is -0.0223. The molecular weight excluding hydrogens is 252 g/mol. The Hall–Kier alpha value is -1.20. The van der Waals surface area contributed by atoms with E-state index in [9.17, 15) is 5.11 Å². The van der Waals surface area contributed by atoms with Gasteiger partial charge in [-0.05, 0) is 25.3 Å². The molecule has 2 rings (SSSR count). The zero-order valence-corrected chi connectivity index (χ0v) is 12.5. The van der Waals surface area contributed by atoms with Crippen molar-refractivity contribution in [3.05, 3.63) is 18.5 Å². The molecule has 2 N–H and O–H groups in total. The van der Waals surface area contributed by atoms with E-state index in [1.165, 1.54) is 6.42 Å². The topological polar surface area (TPSA) is 61.3 Å². The molecule has 2 unspecified atom stereocenters. The Bertz CT molecular complexity index is 394. The van der Waals surface area contributed by atoms with Crippen molar-refractivity contribution in [3.8, 4) is 0 Å². The van der Waals surface area contributed by atoms with Gasteiger partial charge in [-0.25, -0.2) is 9.97 Å². The molecule has 2 atom stereocenters. The van der Waals surface area contributed by atoms with Crippen molar-refractivity contribution in [3.63, 3.8) is 0 Å². The molecule has 1 aliphatic heterocycles. The van der Waals surface area contributed by atoms with Crippen molar-refractivity contribution in [2.24, 2.45) is 5.41 Å². The molecule has 1 aromatic rings. The minimum absolute atomic E-state index is 0.0223. The predicted molar refractivity (Wildman–Crippen MR) is 80.8 cm³/mol. The predicted octanol–water partition coefficient (Wildman–Crippen LogP) is 1.44. The lowest BCUT2D eigenvalue weighted by Gasteiger charge is -2.35. The molecule has 0 aliphatic carbocycles. The molecule has 1 fully saturated rings. The molecule has 20 heavy (non-hydrogen) atoms. The van der Waals surface area contributed by atoms with Crippen molar-refractivity contribution in [1.29, 1.82) is 0 Å². The third-order valence-corrected chi connectivity index (χ3v) is 4.31. The minimum Gasteiger partial charge on any atom is -0.396 e. The van der Waals surface area contributed by atoms with Gasteiger partial charge in [-0.1, -0.05) is 13.8 Å². The number of hydrogen-bond acceptors (Lipinski definition) is 5. The monoisotopic (exact) mass is 278 g/mol. The maximum absolute atomic E-state index is 9.47. The van der Waals surface area contributed by atoms with E-state index in [1.54, 1.807) is 12.4 Å². The molecule has 2 heterocycles. The van der Waals surface area contributed by atoms with E-state index in [4.69, 9.17) is 0 Å². The lowest BCUT2D eigenvalue weighted by atomic mass is 9.88. The number of anilines is 1. The van der Waals surface area contributed by atoms with Crippen LogP contribution in [0.4, 0.5) is 5.95 Å². The summed E-state index contributed by atoms with van der Waals surface area (Å²) in [6.45, 7) is 7.30. The normalized spacial score (nSPS) is 22.6. The summed E-state index contributed by atoms with van der Waals surface area (Å²) in [5.41, 5.74) is -0.0223. The van der Waals surface area contributed by atoms with Gasteiger partial charge in [0.1, 0.15) is 0 Å². The van der Waals surface area contributed by atoms with E-state index in [0.717, 1.165) is 38.4 Å². The van der Waals surface area contributed by atoms with Crippen molar-refractivity contribution in [2.45, 2.75) is 39.2 Å². The van der Waals surface area contributed by atoms with Crippen molar-refractivity contribution >= 4 is 5.95 Å². The maximum Gasteiger partial charge on any atom is 0.225 e. The SMILES string of the molecule is CCC(C)(CO)CNC1CCCN(c2ncccn2)C1. The standard InChI is InChI=1S/C15H26N4O/c1-3-15(2,12-20)11-18-13-6-4-9-19(10-13)14-16-7-5-8-17-14/h5,7-8,13,18,20H,3-4,6,9-12H2,1-2H3. The first-order chi connectivity index (χ1) is 9.67. The van der Waals surface area contributed by atoms with Crippen LogP contribution >= 0.6 is 0 Å². The van der Waals surface area contributed by atoms with Crippen LogP contribution in [0.15, 0.2) is 18.5 Å². The lowest BCUT2D eigenvalue weighted by Crippen LogP contribution is -2.49. The van der Waals surface area contributed by atoms with Crippen LogP contribution in [0.25, 0.3) is 0 Å². The second-order valence-corrected chi connectivity index (χ2v) is 6.04. The van der Waals surface area contributed by atoms with Crippen LogP contribution in [-0.4, -0.2) is 47.4 Å². The summed E-state index contributed by atoms with van der Waals surface area (Å²) in [4.78, 5) is 10.9. The third kappa shape index (κ3) is 3.90. The fraction of sp³-hybridized carbons (Fsp3) is 0.733. The van der Waals surface area contributed by atoms with Gasteiger partial charge in [-0.15, -0.1) is 0 Å². The van der Waals surface area contributed by atoms with E-state index in [1.807, 2.05) is 6.07 Å². The Balaban J connectivity index is 1.88. The van der Waals surface area contributed by atoms with Crippen LogP contribution in [0.3, 0.4) is 0 Å². The molecule has 0 spiro atoms.